The van der Waals surface area contributed by atoms with Gasteiger partial charge in [0.25, 0.3) is 0 Å². The van der Waals surface area contributed by atoms with Crippen LogP contribution in [0, 0.1) is 0 Å². The molecule has 0 unspecified atom stereocenters. The third-order valence-corrected chi connectivity index (χ3v) is 3.15. The van der Waals surface area contributed by atoms with Crippen LogP contribution in [-0.4, -0.2) is 43.3 Å². The smallest absolute Gasteiger partial charge is 0.317 e. The average Bonchev–Trinajstić information content (AvgIpc) is 2.62. The summed E-state index contributed by atoms with van der Waals surface area (Å²) >= 11 is 0. The van der Waals surface area contributed by atoms with E-state index in [4.69, 9.17) is 4.74 Å². The number of rotatable bonds is 2. The van der Waals surface area contributed by atoms with Gasteiger partial charge in [0.05, 0.1) is 6.10 Å². The lowest BCUT2D eigenvalue weighted by atomic mass is 9.89. The van der Waals surface area contributed by atoms with Gasteiger partial charge < -0.3 is 15.0 Å². The highest BCUT2D eigenvalue weighted by atomic mass is 16.5. The molecule has 0 atom stereocenters. The quantitative estimate of drug-likeness (QED) is 0.718. The van der Waals surface area contributed by atoms with E-state index >= 15 is 0 Å². The first kappa shape index (κ1) is 9.77. The molecule has 1 aliphatic carbocycles. The van der Waals surface area contributed by atoms with E-state index < -0.39 is 0 Å². The standard InChI is InChI=1S/C10H18N2O2/c1-14-9-6-8(7-9)11-10(13)12-4-2-3-5-12/h8-9H,2-7H2,1H3,(H,11,13). The first-order valence-electron chi connectivity index (χ1n) is 5.38. The maximum Gasteiger partial charge on any atom is 0.317 e. The average molecular weight is 198 g/mol. The van der Waals surface area contributed by atoms with Crippen molar-refractivity contribution in [1.29, 1.82) is 0 Å². The van der Waals surface area contributed by atoms with Crippen molar-refractivity contribution in [2.45, 2.75) is 37.8 Å². The summed E-state index contributed by atoms with van der Waals surface area (Å²) in [5.41, 5.74) is 0. The molecule has 0 bridgehead atoms. The lowest BCUT2D eigenvalue weighted by Crippen LogP contribution is -2.51. The summed E-state index contributed by atoms with van der Waals surface area (Å²) in [5.74, 6) is 0. The predicted octanol–water partition coefficient (Wildman–Crippen LogP) is 0.969. The Hall–Kier alpha value is -0.770. The molecule has 4 nitrogen and oxygen atoms in total. The van der Waals surface area contributed by atoms with Crippen molar-refractivity contribution in [2.24, 2.45) is 0 Å². The second-order valence-corrected chi connectivity index (χ2v) is 4.17. The van der Waals surface area contributed by atoms with E-state index in [2.05, 4.69) is 5.32 Å². The molecule has 4 heteroatoms. The van der Waals surface area contributed by atoms with Gasteiger partial charge in [0.15, 0.2) is 0 Å². The van der Waals surface area contributed by atoms with Crippen molar-refractivity contribution in [3.05, 3.63) is 0 Å². The van der Waals surface area contributed by atoms with E-state index in [1.807, 2.05) is 4.90 Å². The van der Waals surface area contributed by atoms with Crippen molar-refractivity contribution in [1.82, 2.24) is 10.2 Å². The monoisotopic (exact) mass is 198 g/mol. The second-order valence-electron chi connectivity index (χ2n) is 4.17. The number of ether oxygens (including phenoxy) is 1. The fraction of sp³-hybridized carbons (Fsp3) is 0.900. The molecule has 1 N–H and O–H groups in total. The van der Waals surface area contributed by atoms with E-state index in [9.17, 15) is 4.79 Å². The van der Waals surface area contributed by atoms with Crippen LogP contribution in [0.2, 0.25) is 0 Å². The van der Waals surface area contributed by atoms with Gasteiger partial charge in [-0.3, -0.25) is 0 Å². The number of carbonyl (C=O) groups is 1. The molecule has 2 fully saturated rings. The first-order valence-corrected chi connectivity index (χ1v) is 5.38. The molecule has 2 amide bonds. The highest BCUT2D eigenvalue weighted by Crippen LogP contribution is 2.22. The molecule has 0 aromatic rings. The molecule has 0 aromatic carbocycles. The molecule has 1 aliphatic heterocycles. The molecule has 80 valence electrons. The Morgan fingerprint density at radius 3 is 2.57 bits per heavy atom. The molecule has 0 spiro atoms. The third-order valence-electron chi connectivity index (χ3n) is 3.15. The van der Waals surface area contributed by atoms with Crippen LogP contribution >= 0.6 is 0 Å². The molecule has 2 rings (SSSR count). The zero-order valence-electron chi connectivity index (χ0n) is 8.66. The maximum atomic E-state index is 11.6. The van der Waals surface area contributed by atoms with Crippen LogP contribution in [0.5, 0.6) is 0 Å². The van der Waals surface area contributed by atoms with E-state index in [0.717, 1.165) is 38.8 Å². The fourth-order valence-electron chi connectivity index (χ4n) is 2.06. The van der Waals surface area contributed by atoms with Gasteiger partial charge in [-0.15, -0.1) is 0 Å². The number of amides is 2. The molecule has 2 aliphatic rings. The Labute approximate surface area is 84.6 Å². The summed E-state index contributed by atoms with van der Waals surface area (Å²) in [4.78, 5) is 13.5. The van der Waals surface area contributed by atoms with Gasteiger partial charge in [0.2, 0.25) is 0 Å². The maximum absolute atomic E-state index is 11.6. The van der Waals surface area contributed by atoms with E-state index in [-0.39, 0.29) is 6.03 Å². The van der Waals surface area contributed by atoms with Gasteiger partial charge in [-0.05, 0) is 25.7 Å². The minimum Gasteiger partial charge on any atom is -0.381 e. The second kappa shape index (κ2) is 4.17. The number of likely N-dealkylation sites (tertiary alicyclic amines) is 1. The third kappa shape index (κ3) is 2.00. The normalized spacial score (nSPS) is 31.4. The van der Waals surface area contributed by atoms with Crippen molar-refractivity contribution >= 4 is 6.03 Å². The fourth-order valence-corrected chi connectivity index (χ4v) is 2.06. The summed E-state index contributed by atoms with van der Waals surface area (Å²) in [5, 5.41) is 3.03. The molecule has 0 radical (unpaired) electrons. The van der Waals surface area contributed by atoms with Crippen LogP contribution in [0.15, 0.2) is 0 Å². The van der Waals surface area contributed by atoms with Gasteiger partial charge in [-0.1, -0.05) is 0 Å². The van der Waals surface area contributed by atoms with Crippen molar-refractivity contribution in [3.8, 4) is 0 Å². The number of urea groups is 1. The van der Waals surface area contributed by atoms with Crippen LogP contribution < -0.4 is 5.32 Å². The zero-order valence-corrected chi connectivity index (χ0v) is 8.66. The van der Waals surface area contributed by atoms with Crippen molar-refractivity contribution in [3.63, 3.8) is 0 Å². The highest BCUT2D eigenvalue weighted by Gasteiger charge is 2.31. The van der Waals surface area contributed by atoms with Gasteiger partial charge in [-0.2, -0.15) is 0 Å². The minimum absolute atomic E-state index is 0.113. The Morgan fingerprint density at radius 2 is 2.00 bits per heavy atom. The molecular weight excluding hydrogens is 180 g/mol. The van der Waals surface area contributed by atoms with E-state index in [1.165, 1.54) is 0 Å². The molecule has 1 heterocycles. The summed E-state index contributed by atoms with van der Waals surface area (Å²) in [6, 6.07) is 0.454. The van der Waals surface area contributed by atoms with Crippen LogP contribution in [0.3, 0.4) is 0 Å². The van der Waals surface area contributed by atoms with Gasteiger partial charge >= 0.3 is 6.03 Å². The lowest BCUT2D eigenvalue weighted by molar-refractivity contribution is 0.0194. The number of methoxy groups -OCH3 is 1. The van der Waals surface area contributed by atoms with Gasteiger partial charge in [0, 0.05) is 26.2 Å². The highest BCUT2D eigenvalue weighted by molar-refractivity contribution is 5.74. The van der Waals surface area contributed by atoms with E-state index in [1.54, 1.807) is 7.11 Å². The summed E-state index contributed by atoms with van der Waals surface area (Å²) in [6.45, 7) is 1.85. The SMILES string of the molecule is COC1CC(NC(=O)N2CCCC2)C1. The van der Waals surface area contributed by atoms with Crippen molar-refractivity contribution < 1.29 is 9.53 Å². The van der Waals surface area contributed by atoms with Crippen LogP contribution in [0.4, 0.5) is 4.79 Å². The molecular formula is C10H18N2O2. The Kier molecular flexibility index (Phi) is 2.91. The summed E-state index contributed by atoms with van der Waals surface area (Å²) in [7, 11) is 1.73. The van der Waals surface area contributed by atoms with Crippen LogP contribution in [0.25, 0.3) is 0 Å². The number of hydrogen-bond donors (Lipinski definition) is 1. The molecule has 1 saturated carbocycles. The summed E-state index contributed by atoms with van der Waals surface area (Å²) < 4.78 is 5.16. The number of nitrogens with one attached hydrogen (secondary N) is 1. The topological polar surface area (TPSA) is 41.6 Å². The van der Waals surface area contributed by atoms with Crippen molar-refractivity contribution in [2.75, 3.05) is 20.2 Å². The van der Waals surface area contributed by atoms with E-state index in [0.29, 0.717) is 12.1 Å². The van der Waals surface area contributed by atoms with Crippen LogP contribution in [0.1, 0.15) is 25.7 Å². The number of nitrogens with zero attached hydrogens (tertiary/aromatic N) is 1. The number of hydrogen-bond acceptors (Lipinski definition) is 2. The molecule has 1 saturated heterocycles. The van der Waals surface area contributed by atoms with Gasteiger partial charge in [0.1, 0.15) is 0 Å². The van der Waals surface area contributed by atoms with Gasteiger partial charge in [-0.25, -0.2) is 4.79 Å². The lowest BCUT2D eigenvalue weighted by Gasteiger charge is -2.35. The molecule has 14 heavy (non-hydrogen) atoms. The first-order chi connectivity index (χ1) is 6.79. The predicted molar refractivity (Wildman–Crippen MR) is 53.2 cm³/mol. The Balaban J connectivity index is 1.68. The summed E-state index contributed by atoms with van der Waals surface area (Å²) in [6.07, 6.45) is 4.60. The zero-order chi connectivity index (χ0) is 9.97. The van der Waals surface area contributed by atoms with Crippen LogP contribution in [-0.2, 0) is 4.74 Å². The Morgan fingerprint density at radius 1 is 1.36 bits per heavy atom. The number of carbonyl (C=O) groups excluding carboxylic acids is 1. The minimum atomic E-state index is 0.113. The Bertz CT molecular complexity index is 208. The largest absolute Gasteiger partial charge is 0.381 e. The molecule has 0 aromatic heterocycles.